The van der Waals surface area contributed by atoms with Crippen molar-refractivity contribution in [2.75, 3.05) is 25.0 Å². The second-order valence-electron chi connectivity index (χ2n) is 8.70. The minimum absolute atomic E-state index is 0.0365. The van der Waals surface area contributed by atoms with Crippen LogP contribution in [0.4, 0.5) is 5.69 Å². The molecule has 1 heterocycles. The first kappa shape index (κ1) is 25.0. The maximum atomic E-state index is 13.5. The molecule has 0 unspecified atom stereocenters. The average Bonchev–Trinajstić information content (AvgIpc) is 2.90. The van der Waals surface area contributed by atoms with E-state index in [-0.39, 0.29) is 5.91 Å². The van der Waals surface area contributed by atoms with Gasteiger partial charge in [0.15, 0.2) is 0 Å². The molecule has 4 rings (SSSR count). The predicted molar refractivity (Wildman–Crippen MR) is 144 cm³/mol. The Hall–Kier alpha value is -4.06. The number of anilines is 1. The number of nitrogens with zero attached hydrogens (tertiary/aromatic N) is 1. The van der Waals surface area contributed by atoms with Crippen LogP contribution in [0.1, 0.15) is 42.1 Å². The van der Waals surface area contributed by atoms with E-state index in [4.69, 9.17) is 9.15 Å². The fraction of sp³-hybridized carbons (Fsp3) is 0.267. The van der Waals surface area contributed by atoms with Crippen LogP contribution in [-0.4, -0.2) is 30.5 Å². The summed E-state index contributed by atoms with van der Waals surface area (Å²) >= 11 is 0. The summed E-state index contributed by atoms with van der Waals surface area (Å²) in [5.41, 5.74) is 2.58. The van der Waals surface area contributed by atoms with E-state index in [9.17, 15) is 9.59 Å². The van der Waals surface area contributed by atoms with Crippen LogP contribution in [0.15, 0.2) is 94.1 Å². The maximum Gasteiger partial charge on any atom is 0.338 e. The third-order valence-electron chi connectivity index (χ3n) is 5.92. The monoisotopic (exact) mass is 484 g/mol. The van der Waals surface area contributed by atoms with Gasteiger partial charge in [0.25, 0.3) is 5.91 Å². The summed E-state index contributed by atoms with van der Waals surface area (Å²) in [4.78, 5) is 27.3. The minimum Gasteiger partial charge on any atom is -0.494 e. The molecular weight excluding hydrogens is 452 g/mol. The highest BCUT2D eigenvalue weighted by atomic mass is 16.5. The molecule has 0 aliphatic carbocycles. The molecule has 1 aromatic heterocycles. The van der Waals surface area contributed by atoms with Crippen molar-refractivity contribution in [1.82, 2.24) is 4.90 Å². The van der Waals surface area contributed by atoms with Gasteiger partial charge in [-0.2, -0.15) is 0 Å². The van der Waals surface area contributed by atoms with Gasteiger partial charge in [0.1, 0.15) is 11.3 Å². The number of nitrogens with one attached hydrogen (secondary N) is 1. The Morgan fingerprint density at radius 1 is 0.944 bits per heavy atom. The van der Waals surface area contributed by atoms with Crippen LogP contribution in [0.3, 0.4) is 0 Å². The van der Waals surface area contributed by atoms with Crippen LogP contribution in [-0.2, 0) is 6.54 Å². The Balaban J connectivity index is 1.44. The standard InChI is InChI=1S/C30H32N2O4/c1-2-3-19-35-25-14-9-13-24(20-25)30(34)32(22-23-11-5-4-6-12-23)18-10-17-31-27-21-29(33)36-28-16-8-7-15-26(27)28/h4-9,11-16,20-21,31H,2-3,10,17-19,22H2,1H3. The second kappa shape index (κ2) is 12.6. The maximum absolute atomic E-state index is 13.5. The number of benzene rings is 3. The van der Waals surface area contributed by atoms with E-state index in [0.29, 0.717) is 49.6 Å². The number of unbranched alkanes of at least 4 members (excludes halogenated alkanes) is 1. The normalized spacial score (nSPS) is 10.8. The van der Waals surface area contributed by atoms with E-state index in [1.54, 1.807) is 6.07 Å². The van der Waals surface area contributed by atoms with E-state index >= 15 is 0 Å². The third kappa shape index (κ3) is 6.75. The number of rotatable bonds is 12. The van der Waals surface area contributed by atoms with Crippen LogP contribution in [0, 0.1) is 0 Å². The van der Waals surface area contributed by atoms with Crippen molar-refractivity contribution < 1.29 is 13.9 Å². The molecule has 0 aliphatic rings. The van der Waals surface area contributed by atoms with Gasteiger partial charge in [0.2, 0.25) is 0 Å². The number of carbonyl (C=O) groups is 1. The summed E-state index contributed by atoms with van der Waals surface area (Å²) in [7, 11) is 0. The molecule has 0 fully saturated rings. The molecule has 0 bridgehead atoms. The first-order valence-corrected chi connectivity index (χ1v) is 12.5. The fourth-order valence-electron chi connectivity index (χ4n) is 4.04. The van der Waals surface area contributed by atoms with Crippen molar-refractivity contribution in [3.63, 3.8) is 0 Å². The summed E-state index contributed by atoms with van der Waals surface area (Å²) in [5, 5.41) is 4.20. The molecule has 0 spiro atoms. The lowest BCUT2D eigenvalue weighted by Gasteiger charge is -2.23. The lowest BCUT2D eigenvalue weighted by Crippen LogP contribution is -2.32. The number of carbonyl (C=O) groups excluding carboxylic acids is 1. The van der Waals surface area contributed by atoms with Crippen molar-refractivity contribution in [2.45, 2.75) is 32.7 Å². The lowest BCUT2D eigenvalue weighted by molar-refractivity contribution is 0.0742. The molecular formula is C30H32N2O4. The SMILES string of the molecule is CCCCOc1cccc(C(=O)N(CCCNc2cc(=O)oc3ccccc23)Cc2ccccc2)c1. The lowest BCUT2D eigenvalue weighted by atomic mass is 10.1. The van der Waals surface area contributed by atoms with Crippen LogP contribution < -0.4 is 15.7 Å². The molecule has 1 N–H and O–H groups in total. The van der Waals surface area contributed by atoms with Crippen LogP contribution in [0.2, 0.25) is 0 Å². The van der Waals surface area contributed by atoms with Gasteiger partial charge in [-0.1, -0.05) is 61.9 Å². The Morgan fingerprint density at radius 3 is 2.58 bits per heavy atom. The van der Waals surface area contributed by atoms with Crippen molar-refractivity contribution in [3.8, 4) is 5.75 Å². The summed E-state index contributed by atoms with van der Waals surface area (Å²) in [6, 6.07) is 26.3. The summed E-state index contributed by atoms with van der Waals surface area (Å²) in [6.07, 6.45) is 2.74. The van der Waals surface area contributed by atoms with E-state index in [1.807, 2.05) is 77.7 Å². The fourth-order valence-corrected chi connectivity index (χ4v) is 4.04. The zero-order chi connectivity index (χ0) is 25.2. The van der Waals surface area contributed by atoms with Gasteiger partial charge in [-0.05, 0) is 48.7 Å². The van der Waals surface area contributed by atoms with Gasteiger partial charge in [0, 0.05) is 36.7 Å². The molecule has 3 aromatic carbocycles. The summed E-state index contributed by atoms with van der Waals surface area (Å²) in [6.45, 7) is 4.43. The summed E-state index contributed by atoms with van der Waals surface area (Å²) in [5.74, 6) is 0.677. The Morgan fingerprint density at radius 2 is 1.75 bits per heavy atom. The van der Waals surface area contributed by atoms with Gasteiger partial charge in [0.05, 0.1) is 12.3 Å². The van der Waals surface area contributed by atoms with E-state index in [1.165, 1.54) is 6.07 Å². The summed E-state index contributed by atoms with van der Waals surface area (Å²) < 4.78 is 11.1. The highest BCUT2D eigenvalue weighted by molar-refractivity contribution is 5.94. The highest BCUT2D eigenvalue weighted by Crippen LogP contribution is 2.21. The highest BCUT2D eigenvalue weighted by Gasteiger charge is 2.17. The van der Waals surface area contributed by atoms with Crippen LogP contribution in [0.5, 0.6) is 5.75 Å². The minimum atomic E-state index is -0.391. The van der Waals surface area contributed by atoms with Crippen LogP contribution >= 0.6 is 0 Å². The predicted octanol–water partition coefficient (Wildman–Crippen LogP) is 6.12. The quantitative estimate of drug-likeness (QED) is 0.194. The zero-order valence-corrected chi connectivity index (χ0v) is 20.6. The van der Waals surface area contributed by atoms with Gasteiger partial charge in [-0.25, -0.2) is 4.79 Å². The molecule has 6 nitrogen and oxygen atoms in total. The first-order chi connectivity index (χ1) is 17.6. The molecule has 36 heavy (non-hydrogen) atoms. The number of fused-ring (bicyclic) bond motifs is 1. The molecule has 4 aromatic rings. The molecule has 1 amide bonds. The largest absolute Gasteiger partial charge is 0.494 e. The molecule has 6 heteroatoms. The number of para-hydroxylation sites is 1. The van der Waals surface area contributed by atoms with Gasteiger partial charge in [-0.3, -0.25) is 4.79 Å². The molecule has 0 saturated heterocycles. The molecule has 0 atom stereocenters. The second-order valence-corrected chi connectivity index (χ2v) is 8.70. The number of ether oxygens (including phenoxy) is 1. The Bertz CT molecular complexity index is 1330. The van der Waals surface area contributed by atoms with Gasteiger partial charge in [-0.15, -0.1) is 0 Å². The van der Waals surface area contributed by atoms with E-state index in [2.05, 4.69) is 12.2 Å². The molecule has 0 saturated carbocycles. The van der Waals surface area contributed by atoms with Crippen LogP contribution in [0.25, 0.3) is 11.0 Å². The first-order valence-electron chi connectivity index (χ1n) is 12.5. The van der Waals surface area contributed by atoms with E-state index < -0.39 is 5.63 Å². The van der Waals surface area contributed by atoms with Gasteiger partial charge < -0.3 is 19.4 Å². The van der Waals surface area contributed by atoms with Crippen molar-refractivity contribution in [1.29, 1.82) is 0 Å². The van der Waals surface area contributed by atoms with Crippen molar-refractivity contribution in [3.05, 3.63) is 106 Å². The average molecular weight is 485 g/mol. The van der Waals surface area contributed by atoms with Crippen molar-refractivity contribution >= 4 is 22.6 Å². The number of amides is 1. The van der Waals surface area contributed by atoms with Gasteiger partial charge >= 0.3 is 5.63 Å². The molecule has 0 radical (unpaired) electrons. The zero-order valence-electron chi connectivity index (χ0n) is 20.6. The molecule has 0 aliphatic heterocycles. The third-order valence-corrected chi connectivity index (χ3v) is 5.92. The smallest absolute Gasteiger partial charge is 0.338 e. The Kier molecular flexibility index (Phi) is 8.76. The molecule has 186 valence electrons. The van der Waals surface area contributed by atoms with Crippen molar-refractivity contribution in [2.24, 2.45) is 0 Å². The Labute approximate surface area is 211 Å². The number of hydrogen-bond acceptors (Lipinski definition) is 5. The topological polar surface area (TPSA) is 71.8 Å². The number of hydrogen-bond donors (Lipinski definition) is 1. The van der Waals surface area contributed by atoms with E-state index in [0.717, 1.165) is 29.5 Å².